The largest absolute Gasteiger partial charge is 0.497 e. The number of aryl methyl sites for hydroxylation is 1. The first-order chi connectivity index (χ1) is 16.0. The van der Waals surface area contributed by atoms with Crippen LogP contribution in [0.5, 0.6) is 5.75 Å². The molecule has 0 aliphatic carbocycles. The second-order valence-corrected chi connectivity index (χ2v) is 8.84. The van der Waals surface area contributed by atoms with E-state index >= 15 is 0 Å². The van der Waals surface area contributed by atoms with Gasteiger partial charge in [-0.05, 0) is 75.0 Å². The van der Waals surface area contributed by atoms with Gasteiger partial charge in [0.05, 0.1) is 18.5 Å². The second kappa shape index (κ2) is 10.7. The maximum atomic E-state index is 12.5. The van der Waals surface area contributed by atoms with E-state index in [4.69, 9.17) is 9.84 Å². The van der Waals surface area contributed by atoms with Gasteiger partial charge >= 0.3 is 0 Å². The van der Waals surface area contributed by atoms with Crippen molar-refractivity contribution in [2.45, 2.75) is 52.6 Å². The van der Waals surface area contributed by atoms with Crippen LogP contribution in [-0.4, -0.2) is 40.8 Å². The Kier molecular flexibility index (Phi) is 7.45. The monoisotopic (exact) mass is 446 g/mol. The Morgan fingerprint density at radius 3 is 2.52 bits per heavy atom. The molecule has 1 saturated heterocycles. The number of aromatic nitrogens is 2. The van der Waals surface area contributed by atoms with Gasteiger partial charge in [0.25, 0.3) is 0 Å². The number of likely N-dealkylation sites (tertiary alicyclic amines) is 1. The first-order valence-electron chi connectivity index (χ1n) is 11.8. The molecule has 6 nitrogen and oxygen atoms in total. The third-order valence-corrected chi connectivity index (χ3v) is 6.46. The van der Waals surface area contributed by atoms with Crippen LogP contribution in [0.2, 0.25) is 0 Å². The van der Waals surface area contributed by atoms with E-state index in [1.165, 1.54) is 31.5 Å². The zero-order valence-corrected chi connectivity index (χ0v) is 19.9. The summed E-state index contributed by atoms with van der Waals surface area (Å²) in [6.07, 6.45) is 3.73. The molecule has 1 aliphatic heterocycles. The fraction of sp³-hybridized carbons (Fsp3) is 0.407. The normalized spacial score (nSPS) is 13.9. The molecule has 6 heteroatoms. The Hall–Kier alpha value is -3.12. The molecule has 1 amide bonds. The lowest BCUT2D eigenvalue weighted by Gasteiger charge is -2.14. The summed E-state index contributed by atoms with van der Waals surface area (Å²) in [5.74, 6) is 0.856. The number of benzene rings is 2. The average Bonchev–Trinajstić information content (AvgIpc) is 3.44. The third kappa shape index (κ3) is 5.82. The molecule has 1 aliphatic rings. The minimum absolute atomic E-state index is 0.0593. The average molecular weight is 447 g/mol. The molecular formula is C27H34N4O2. The van der Waals surface area contributed by atoms with Crippen LogP contribution in [0.4, 0.5) is 0 Å². The van der Waals surface area contributed by atoms with E-state index in [-0.39, 0.29) is 5.91 Å². The Balaban J connectivity index is 1.29. The molecule has 0 saturated carbocycles. The molecular weight excluding hydrogens is 412 g/mol. The predicted molar refractivity (Wildman–Crippen MR) is 131 cm³/mol. The van der Waals surface area contributed by atoms with Gasteiger partial charge in [-0.15, -0.1) is 0 Å². The summed E-state index contributed by atoms with van der Waals surface area (Å²) in [5.41, 5.74) is 6.56. The van der Waals surface area contributed by atoms with E-state index < -0.39 is 0 Å². The summed E-state index contributed by atoms with van der Waals surface area (Å²) in [6, 6.07) is 16.5. The minimum Gasteiger partial charge on any atom is -0.497 e. The van der Waals surface area contributed by atoms with E-state index in [0.717, 1.165) is 40.5 Å². The number of nitrogens with zero attached hydrogens (tertiary/aromatic N) is 3. The van der Waals surface area contributed by atoms with E-state index in [9.17, 15) is 4.79 Å². The van der Waals surface area contributed by atoms with Crippen molar-refractivity contribution >= 4 is 5.91 Å². The van der Waals surface area contributed by atoms with Gasteiger partial charge in [0.2, 0.25) is 5.91 Å². The summed E-state index contributed by atoms with van der Waals surface area (Å²) < 4.78 is 7.26. The van der Waals surface area contributed by atoms with Crippen LogP contribution in [0.3, 0.4) is 0 Å². The maximum Gasteiger partial charge on any atom is 0.220 e. The van der Waals surface area contributed by atoms with Crippen molar-refractivity contribution < 1.29 is 9.53 Å². The van der Waals surface area contributed by atoms with Crippen LogP contribution >= 0.6 is 0 Å². The summed E-state index contributed by atoms with van der Waals surface area (Å²) in [4.78, 5) is 15.0. The molecule has 0 radical (unpaired) electrons. The molecule has 1 N–H and O–H groups in total. The Bertz CT molecular complexity index is 1080. The summed E-state index contributed by atoms with van der Waals surface area (Å²) in [6.45, 7) is 8.04. The lowest BCUT2D eigenvalue weighted by molar-refractivity contribution is -0.121. The number of methoxy groups -OCH3 is 1. The molecule has 4 rings (SSSR count). The van der Waals surface area contributed by atoms with Crippen molar-refractivity contribution in [3.05, 3.63) is 76.6 Å². The highest BCUT2D eigenvalue weighted by molar-refractivity contribution is 5.76. The molecule has 33 heavy (non-hydrogen) atoms. The van der Waals surface area contributed by atoms with Gasteiger partial charge in [-0.25, -0.2) is 4.68 Å². The van der Waals surface area contributed by atoms with Crippen molar-refractivity contribution in [2.24, 2.45) is 0 Å². The van der Waals surface area contributed by atoms with E-state index in [1.807, 2.05) is 35.9 Å². The lowest BCUT2D eigenvalue weighted by atomic mass is 10.1. The van der Waals surface area contributed by atoms with Gasteiger partial charge in [0.15, 0.2) is 0 Å². The summed E-state index contributed by atoms with van der Waals surface area (Å²) in [5, 5.41) is 7.76. The number of hydrogen-bond donors (Lipinski definition) is 1. The molecule has 1 fully saturated rings. The van der Waals surface area contributed by atoms with Crippen molar-refractivity contribution in [1.29, 1.82) is 0 Å². The fourth-order valence-electron chi connectivity index (χ4n) is 4.52. The number of hydrogen-bond acceptors (Lipinski definition) is 4. The highest BCUT2D eigenvalue weighted by Gasteiger charge is 2.15. The number of carbonyl (C=O) groups excluding carboxylic acids is 1. The van der Waals surface area contributed by atoms with Gasteiger partial charge in [0, 0.05) is 31.3 Å². The Morgan fingerprint density at radius 2 is 1.79 bits per heavy atom. The topological polar surface area (TPSA) is 59.4 Å². The number of amides is 1. The van der Waals surface area contributed by atoms with Crippen molar-refractivity contribution in [3.8, 4) is 11.4 Å². The molecule has 1 aromatic heterocycles. The van der Waals surface area contributed by atoms with Gasteiger partial charge in [-0.1, -0.05) is 30.3 Å². The zero-order valence-electron chi connectivity index (χ0n) is 19.9. The predicted octanol–water partition coefficient (Wildman–Crippen LogP) is 4.34. The molecule has 0 atom stereocenters. The standard InChI is InChI=1S/C27H34N4O2/c1-20-26(21(2)31(29-20)24-7-6-8-25(17-24)33-3)13-14-27(32)28-18-22-9-11-23(12-10-22)19-30-15-4-5-16-30/h6-12,17H,4-5,13-16,18-19H2,1-3H3,(H,28,32). The van der Waals surface area contributed by atoms with Gasteiger partial charge in [-0.3, -0.25) is 9.69 Å². The van der Waals surface area contributed by atoms with Crippen molar-refractivity contribution in [3.63, 3.8) is 0 Å². The molecule has 0 bridgehead atoms. The lowest BCUT2D eigenvalue weighted by Crippen LogP contribution is -2.23. The maximum absolute atomic E-state index is 12.5. The SMILES string of the molecule is COc1cccc(-n2nc(C)c(CCC(=O)NCc3ccc(CN4CCCC4)cc3)c2C)c1. The quantitative estimate of drug-likeness (QED) is 0.531. The van der Waals surface area contributed by atoms with E-state index in [1.54, 1.807) is 7.11 Å². The second-order valence-electron chi connectivity index (χ2n) is 8.84. The van der Waals surface area contributed by atoms with Gasteiger partial charge in [-0.2, -0.15) is 5.10 Å². The number of rotatable bonds is 9. The minimum atomic E-state index is 0.0593. The molecule has 0 spiro atoms. The molecule has 2 aromatic carbocycles. The zero-order chi connectivity index (χ0) is 23.2. The third-order valence-electron chi connectivity index (χ3n) is 6.46. The van der Waals surface area contributed by atoms with Crippen LogP contribution in [0.25, 0.3) is 5.69 Å². The van der Waals surface area contributed by atoms with Crippen molar-refractivity contribution in [1.82, 2.24) is 20.0 Å². The van der Waals surface area contributed by atoms with Crippen LogP contribution in [0, 0.1) is 13.8 Å². The smallest absolute Gasteiger partial charge is 0.220 e. The number of carbonyl (C=O) groups is 1. The first kappa shape index (κ1) is 23.1. The van der Waals surface area contributed by atoms with Gasteiger partial charge < -0.3 is 10.1 Å². The molecule has 174 valence electrons. The summed E-state index contributed by atoms with van der Waals surface area (Å²) >= 11 is 0. The Labute approximate surface area is 196 Å². The highest BCUT2D eigenvalue weighted by Crippen LogP contribution is 2.22. The molecule has 2 heterocycles. The van der Waals surface area contributed by atoms with E-state index in [2.05, 4.69) is 41.4 Å². The van der Waals surface area contributed by atoms with Gasteiger partial charge in [0.1, 0.15) is 5.75 Å². The number of nitrogens with one attached hydrogen (secondary N) is 1. The van der Waals surface area contributed by atoms with Crippen molar-refractivity contribution in [2.75, 3.05) is 20.2 Å². The molecule has 0 unspecified atom stereocenters. The summed E-state index contributed by atoms with van der Waals surface area (Å²) in [7, 11) is 1.66. The number of ether oxygens (including phenoxy) is 1. The van der Waals surface area contributed by atoms with E-state index in [0.29, 0.717) is 19.4 Å². The van der Waals surface area contributed by atoms with Crippen LogP contribution in [0.15, 0.2) is 48.5 Å². The molecule has 3 aromatic rings. The van der Waals surface area contributed by atoms with Crippen LogP contribution in [-0.2, 0) is 24.3 Å². The highest BCUT2D eigenvalue weighted by atomic mass is 16.5. The van der Waals surface area contributed by atoms with Crippen LogP contribution < -0.4 is 10.1 Å². The van der Waals surface area contributed by atoms with Crippen LogP contribution in [0.1, 0.15) is 47.3 Å². The first-order valence-corrected chi connectivity index (χ1v) is 11.8. The fourth-order valence-corrected chi connectivity index (χ4v) is 4.52. The Morgan fingerprint density at radius 1 is 1.06 bits per heavy atom.